The van der Waals surface area contributed by atoms with Crippen molar-refractivity contribution in [2.75, 3.05) is 5.32 Å². The second-order valence-corrected chi connectivity index (χ2v) is 5.20. The number of pyridine rings is 1. The molecule has 1 amide bonds. The molecule has 0 radical (unpaired) electrons. The van der Waals surface area contributed by atoms with Crippen LogP contribution in [-0.4, -0.2) is 16.0 Å². The molecule has 0 saturated heterocycles. The zero-order valence-corrected chi connectivity index (χ0v) is 12.5. The number of anilines is 1. The first-order chi connectivity index (χ1) is 11.1. The molecule has 1 aromatic heterocycles. The predicted molar refractivity (Wildman–Crippen MR) is 87.5 cm³/mol. The summed E-state index contributed by atoms with van der Waals surface area (Å²) >= 11 is 6.03. The standard InChI is InChI=1S/C17H10ClN3O2/c18-13-8-10(9-19)3-6-14(13)21-17(23)12-5-4-11-2-1-7-20-15(11)16(12)22/h1-8,22H,(H,21,23). The van der Waals surface area contributed by atoms with Crippen molar-refractivity contribution in [1.29, 1.82) is 5.26 Å². The van der Waals surface area contributed by atoms with Gasteiger partial charge < -0.3 is 10.4 Å². The van der Waals surface area contributed by atoms with Gasteiger partial charge in [-0.25, -0.2) is 0 Å². The van der Waals surface area contributed by atoms with Crippen LogP contribution in [0.2, 0.25) is 5.02 Å². The van der Waals surface area contributed by atoms with E-state index in [2.05, 4.69) is 10.3 Å². The molecule has 1 heterocycles. The highest BCUT2D eigenvalue weighted by Crippen LogP contribution is 2.29. The Balaban J connectivity index is 1.95. The molecule has 0 aliphatic carbocycles. The van der Waals surface area contributed by atoms with Crippen LogP contribution in [0.15, 0.2) is 48.7 Å². The van der Waals surface area contributed by atoms with Crippen molar-refractivity contribution in [2.45, 2.75) is 0 Å². The Morgan fingerprint density at radius 3 is 2.83 bits per heavy atom. The molecule has 0 unspecified atom stereocenters. The van der Waals surface area contributed by atoms with Crippen molar-refractivity contribution >= 4 is 34.1 Å². The Bertz CT molecular complexity index is 964. The number of nitriles is 1. The van der Waals surface area contributed by atoms with E-state index in [0.717, 1.165) is 5.39 Å². The van der Waals surface area contributed by atoms with E-state index in [9.17, 15) is 9.90 Å². The summed E-state index contributed by atoms with van der Waals surface area (Å²) in [6.45, 7) is 0. The first kappa shape index (κ1) is 14.8. The molecule has 112 valence electrons. The summed E-state index contributed by atoms with van der Waals surface area (Å²) in [6.07, 6.45) is 1.54. The number of phenolic OH excluding ortho intramolecular Hbond substituents is 1. The van der Waals surface area contributed by atoms with E-state index in [1.54, 1.807) is 30.5 Å². The molecule has 6 heteroatoms. The van der Waals surface area contributed by atoms with Crippen molar-refractivity contribution in [2.24, 2.45) is 0 Å². The Morgan fingerprint density at radius 1 is 1.26 bits per heavy atom. The van der Waals surface area contributed by atoms with Crippen LogP contribution in [0.3, 0.4) is 0 Å². The molecule has 0 spiro atoms. The number of halogens is 1. The summed E-state index contributed by atoms with van der Waals surface area (Å²) in [6, 6.07) is 13.3. The minimum atomic E-state index is -0.512. The minimum absolute atomic E-state index is 0.0941. The van der Waals surface area contributed by atoms with E-state index in [0.29, 0.717) is 16.8 Å². The normalized spacial score (nSPS) is 10.3. The molecule has 0 aliphatic rings. The molecule has 0 fully saturated rings. The number of fused-ring (bicyclic) bond motifs is 1. The van der Waals surface area contributed by atoms with Gasteiger partial charge in [-0.15, -0.1) is 0 Å². The molecule has 23 heavy (non-hydrogen) atoms. The highest BCUT2D eigenvalue weighted by Gasteiger charge is 2.15. The molecule has 0 saturated carbocycles. The van der Waals surface area contributed by atoms with Gasteiger partial charge in [-0.1, -0.05) is 23.7 Å². The van der Waals surface area contributed by atoms with Gasteiger partial charge in [0.1, 0.15) is 5.52 Å². The largest absolute Gasteiger partial charge is 0.505 e. The highest BCUT2D eigenvalue weighted by atomic mass is 35.5. The van der Waals surface area contributed by atoms with Gasteiger partial charge in [0.05, 0.1) is 27.9 Å². The number of hydrogen-bond acceptors (Lipinski definition) is 4. The van der Waals surface area contributed by atoms with Crippen LogP contribution in [0.4, 0.5) is 5.69 Å². The number of phenols is 1. The molecule has 3 rings (SSSR count). The highest BCUT2D eigenvalue weighted by molar-refractivity contribution is 6.34. The van der Waals surface area contributed by atoms with Crippen LogP contribution in [-0.2, 0) is 0 Å². The number of aromatic hydroxyl groups is 1. The van der Waals surface area contributed by atoms with E-state index in [1.165, 1.54) is 18.2 Å². The van der Waals surface area contributed by atoms with Crippen LogP contribution >= 0.6 is 11.6 Å². The lowest BCUT2D eigenvalue weighted by molar-refractivity contribution is 0.102. The van der Waals surface area contributed by atoms with E-state index >= 15 is 0 Å². The van der Waals surface area contributed by atoms with Crippen molar-refractivity contribution < 1.29 is 9.90 Å². The lowest BCUT2D eigenvalue weighted by Gasteiger charge is -2.10. The first-order valence-corrected chi connectivity index (χ1v) is 7.05. The predicted octanol–water partition coefficient (Wildman–Crippen LogP) is 3.72. The Kier molecular flexibility index (Phi) is 3.83. The SMILES string of the molecule is N#Cc1ccc(NC(=O)c2ccc3cccnc3c2O)c(Cl)c1. The summed E-state index contributed by atoms with van der Waals surface area (Å²) in [5.41, 5.74) is 1.20. The second-order valence-electron chi connectivity index (χ2n) is 4.80. The average Bonchev–Trinajstić information content (AvgIpc) is 2.57. The van der Waals surface area contributed by atoms with Gasteiger partial charge in [0.25, 0.3) is 5.91 Å². The van der Waals surface area contributed by atoms with Crippen molar-refractivity contribution in [3.63, 3.8) is 0 Å². The molecule has 3 aromatic rings. The number of amides is 1. The topological polar surface area (TPSA) is 86.0 Å². The van der Waals surface area contributed by atoms with Crippen LogP contribution in [0, 0.1) is 11.3 Å². The van der Waals surface area contributed by atoms with Crippen LogP contribution in [0.1, 0.15) is 15.9 Å². The number of nitrogens with one attached hydrogen (secondary N) is 1. The number of rotatable bonds is 2. The summed E-state index contributed by atoms with van der Waals surface area (Å²) < 4.78 is 0. The Labute approximate surface area is 136 Å². The maximum Gasteiger partial charge on any atom is 0.259 e. The van der Waals surface area contributed by atoms with Crippen LogP contribution < -0.4 is 5.32 Å². The number of benzene rings is 2. The van der Waals surface area contributed by atoms with E-state index in [1.807, 2.05) is 6.07 Å². The van der Waals surface area contributed by atoms with Gasteiger partial charge in [-0.2, -0.15) is 5.26 Å². The van der Waals surface area contributed by atoms with Crippen LogP contribution in [0.5, 0.6) is 5.75 Å². The van der Waals surface area contributed by atoms with Gasteiger partial charge >= 0.3 is 0 Å². The van der Waals surface area contributed by atoms with E-state index < -0.39 is 5.91 Å². The molecule has 2 N–H and O–H groups in total. The number of carbonyl (C=O) groups is 1. The maximum atomic E-state index is 12.4. The lowest BCUT2D eigenvalue weighted by Crippen LogP contribution is -2.12. The average molecular weight is 324 g/mol. The fraction of sp³-hybridized carbons (Fsp3) is 0. The van der Waals surface area contributed by atoms with E-state index in [-0.39, 0.29) is 16.3 Å². The van der Waals surface area contributed by atoms with Crippen LogP contribution in [0.25, 0.3) is 10.9 Å². The summed E-state index contributed by atoms with van der Waals surface area (Å²) in [7, 11) is 0. The quantitative estimate of drug-likeness (QED) is 0.752. The van der Waals surface area contributed by atoms with Crippen molar-refractivity contribution in [3.05, 3.63) is 64.8 Å². The molecule has 2 aromatic carbocycles. The molecular formula is C17H10ClN3O2. The monoisotopic (exact) mass is 323 g/mol. The minimum Gasteiger partial charge on any atom is -0.505 e. The van der Waals surface area contributed by atoms with Gasteiger partial charge in [-0.3, -0.25) is 9.78 Å². The summed E-state index contributed by atoms with van der Waals surface area (Å²) in [5.74, 6) is -0.702. The van der Waals surface area contributed by atoms with Crippen molar-refractivity contribution in [3.8, 4) is 11.8 Å². The summed E-state index contributed by atoms with van der Waals surface area (Å²) in [5, 5.41) is 22.7. The molecule has 0 aliphatic heterocycles. The van der Waals surface area contributed by atoms with E-state index in [4.69, 9.17) is 16.9 Å². The number of aromatic nitrogens is 1. The van der Waals surface area contributed by atoms with Crippen molar-refractivity contribution in [1.82, 2.24) is 4.98 Å². The molecule has 0 atom stereocenters. The third kappa shape index (κ3) is 2.80. The fourth-order valence-corrected chi connectivity index (χ4v) is 2.42. The van der Waals surface area contributed by atoms with Gasteiger partial charge in [0.15, 0.2) is 5.75 Å². The fourth-order valence-electron chi connectivity index (χ4n) is 2.19. The molecule has 5 nitrogen and oxygen atoms in total. The first-order valence-electron chi connectivity index (χ1n) is 6.68. The Morgan fingerprint density at radius 2 is 2.09 bits per heavy atom. The van der Waals surface area contributed by atoms with Gasteiger partial charge in [0.2, 0.25) is 0 Å². The number of hydrogen-bond donors (Lipinski definition) is 2. The zero-order chi connectivity index (χ0) is 16.4. The van der Waals surface area contributed by atoms with Gasteiger partial charge in [0, 0.05) is 11.6 Å². The maximum absolute atomic E-state index is 12.4. The molecular weight excluding hydrogens is 314 g/mol. The zero-order valence-electron chi connectivity index (χ0n) is 11.7. The third-order valence-corrected chi connectivity index (χ3v) is 3.65. The lowest BCUT2D eigenvalue weighted by atomic mass is 10.1. The van der Waals surface area contributed by atoms with Gasteiger partial charge in [-0.05, 0) is 30.3 Å². The Hall–Kier alpha value is -3.10. The number of carbonyl (C=O) groups excluding carboxylic acids is 1. The number of nitrogens with zero attached hydrogens (tertiary/aromatic N) is 2. The summed E-state index contributed by atoms with van der Waals surface area (Å²) in [4.78, 5) is 16.4. The third-order valence-electron chi connectivity index (χ3n) is 3.34. The second kappa shape index (κ2) is 5.95. The molecule has 0 bridgehead atoms. The smallest absolute Gasteiger partial charge is 0.259 e.